The molecule has 2 aliphatic rings. The summed E-state index contributed by atoms with van der Waals surface area (Å²) in [7, 11) is 0. The Balaban J connectivity index is 0.00000329. The summed E-state index contributed by atoms with van der Waals surface area (Å²) in [4.78, 5) is 25.5. The van der Waals surface area contributed by atoms with Gasteiger partial charge in [-0.3, -0.25) is 4.98 Å². The molecule has 0 atom stereocenters. The van der Waals surface area contributed by atoms with Crippen molar-refractivity contribution in [3.63, 3.8) is 0 Å². The zero-order valence-corrected chi connectivity index (χ0v) is 28.9. The maximum atomic E-state index is 5.26. The molecule has 0 aliphatic carbocycles. The summed E-state index contributed by atoms with van der Waals surface area (Å²) >= 11 is 0. The van der Waals surface area contributed by atoms with Gasteiger partial charge in [-0.25, -0.2) is 9.97 Å². The topological polar surface area (TPSA) is 66.9 Å². The molecule has 43 heavy (non-hydrogen) atoms. The van der Waals surface area contributed by atoms with Gasteiger partial charge in [-0.05, 0) is 84.7 Å². The minimum atomic E-state index is 0. The second-order valence-electron chi connectivity index (χ2n) is 11.2. The van der Waals surface area contributed by atoms with Gasteiger partial charge in [-0.2, -0.15) is 0 Å². The number of rotatable bonds is 4. The fourth-order valence-corrected chi connectivity index (χ4v) is 6.89. The van der Waals surface area contributed by atoms with E-state index in [-0.39, 0.29) is 19.5 Å². The van der Waals surface area contributed by atoms with Gasteiger partial charge in [0.1, 0.15) is 0 Å². The quantitative estimate of drug-likeness (QED) is 0.189. The third kappa shape index (κ3) is 4.59. The first-order valence-corrected chi connectivity index (χ1v) is 15.2. The van der Waals surface area contributed by atoms with Gasteiger partial charge < -0.3 is 9.97 Å². The van der Waals surface area contributed by atoms with E-state index in [2.05, 4.69) is 89.0 Å². The predicted octanol–water partition coefficient (Wildman–Crippen LogP) is 9.08. The average molecular weight is 615 g/mol. The van der Waals surface area contributed by atoms with Crippen LogP contribution in [0, 0.1) is 0 Å². The van der Waals surface area contributed by atoms with E-state index in [1.807, 2.05) is 12.3 Å². The van der Waals surface area contributed by atoms with Crippen molar-refractivity contribution in [3.8, 4) is 0 Å². The molecule has 7 rings (SSSR count). The van der Waals surface area contributed by atoms with Gasteiger partial charge in [0.2, 0.25) is 0 Å². The number of aromatic nitrogens is 5. The van der Waals surface area contributed by atoms with E-state index in [1.165, 1.54) is 33.4 Å². The van der Waals surface area contributed by atoms with Crippen molar-refractivity contribution >= 4 is 66.0 Å². The number of fused-ring (bicyclic) bond motifs is 13. The van der Waals surface area contributed by atoms with Crippen LogP contribution < -0.4 is 9.97 Å². The molecule has 5 aromatic rings. The molecule has 6 heteroatoms. The Kier molecular flexibility index (Phi) is 7.68. The smallest absolute Gasteiger partial charge is 0.657 e. The Morgan fingerprint density at radius 1 is 0.581 bits per heavy atom. The molecule has 0 saturated carbocycles. The molecule has 0 N–H and O–H groups in total. The second kappa shape index (κ2) is 11.3. The Morgan fingerprint density at radius 2 is 1.12 bits per heavy atom. The molecule has 6 heterocycles. The third-order valence-electron chi connectivity index (χ3n) is 9.06. The first-order chi connectivity index (χ1) is 20.4. The van der Waals surface area contributed by atoms with E-state index >= 15 is 0 Å². The molecule has 1 aromatic carbocycles. The van der Waals surface area contributed by atoms with Crippen molar-refractivity contribution in [2.75, 3.05) is 0 Å². The fraction of sp³-hybridized carbons (Fsp3) is 0.270. The van der Waals surface area contributed by atoms with Crippen molar-refractivity contribution in [2.24, 2.45) is 0 Å². The van der Waals surface area contributed by atoms with Crippen molar-refractivity contribution < 1.29 is 19.5 Å². The summed E-state index contributed by atoms with van der Waals surface area (Å²) in [6.45, 7) is 13.2. The molecule has 4 aromatic heterocycles. The van der Waals surface area contributed by atoms with Crippen molar-refractivity contribution in [3.05, 3.63) is 88.6 Å². The summed E-state index contributed by atoms with van der Waals surface area (Å²) < 4.78 is 0. The van der Waals surface area contributed by atoms with Crippen molar-refractivity contribution in [2.45, 2.75) is 67.2 Å². The molecule has 0 amide bonds. The molecule has 210 valence electrons. The minimum absolute atomic E-state index is 0. The molecule has 0 fully saturated rings. The first-order valence-electron chi connectivity index (χ1n) is 15.2. The van der Waals surface area contributed by atoms with Crippen molar-refractivity contribution in [1.82, 2.24) is 24.9 Å². The standard InChI is InChI=1S/C37H35N5.Zn/c1-7-22-20(5)29-16-33-24(9-3)25(10-4)34(41-33)17-30-21(6)23(8-2)32(40-30)19-36-37-26-12-11-15-38-28(26)14-13-27(37)35(42-36)18-31(22)39-29;/h11-19H,7-10H2,1-6H3;/q-2;+2. The monoisotopic (exact) mass is 613 g/mol. The van der Waals surface area contributed by atoms with Crippen LogP contribution in [0.25, 0.3) is 66.0 Å². The normalized spacial score (nSPS) is 13.3. The molecule has 2 aliphatic heterocycles. The molecule has 0 radical (unpaired) electrons. The Bertz CT molecular complexity index is 2160. The molecular weight excluding hydrogens is 580 g/mol. The van der Waals surface area contributed by atoms with E-state index in [9.17, 15) is 0 Å². The maximum absolute atomic E-state index is 5.26. The van der Waals surface area contributed by atoms with Crippen LogP contribution in [-0.4, -0.2) is 15.0 Å². The third-order valence-corrected chi connectivity index (χ3v) is 9.06. The van der Waals surface area contributed by atoms with Gasteiger partial charge in [-0.1, -0.05) is 75.2 Å². The van der Waals surface area contributed by atoms with Gasteiger partial charge in [0, 0.05) is 11.6 Å². The molecule has 0 saturated heterocycles. The number of pyridine rings is 1. The molecule has 0 spiro atoms. The molecule has 0 unspecified atom stereocenters. The zero-order chi connectivity index (χ0) is 29.1. The van der Waals surface area contributed by atoms with Crippen LogP contribution in [0.15, 0.2) is 54.7 Å². The summed E-state index contributed by atoms with van der Waals surface area (Å²) in [5.41, 5.74) is 16.3. The largest absolute Gasteiger partial charge is 2.00 e. The minimum Gasteiger partial charge on any atom is -0.657 e. The van der Waals surface area contributed by atoms with Crippen LogP contribution >= 0.6 is 0 Å². The number of aryl methyl sites for hydroxylation is 2. The number of allylic oxidation sites excluding steroid dienone is 4. The van der Waals surface area contributed by atoms with Crippen molar-refractivity contribution in [1.29, 1.82) is 0 Å². The van der Waals surface area contributed by atoms with E-state index < -0.39 is 0 Å². The van der Waals surface area contributed by atoms with Crippen LogP contribution in [0.5, 0.6) is 0 Å². The summed E-state index contributed by atoms with van der Waals surface area (Å²) in [5.74, 6) is 0. The van der Waals surface area contributed by atoms with Crippen LogP contribution in [0.3, 0.4) is 0 Å². The maximum Gasteiger partial charge on any atom is 2.00 e. The van der Waals surface area contributed by atoms with E-state index in [4.69, 9.17) is 19.9 Å². The van der Waals surface area contributed by atoms with E-state index in [0.717, 1.165) is 92.2 Å². The second-order valence-corrected chi connectivity index (χ2v) is 11.2. The molecular formula is C37H35N5Zn. The SMILES string of the molecule is CCC1=C(C)c2cc3[n-]c(cc4nc(cc5[n-]c(cc1n2)c1ccc2ncccc2c51)C(CC)=C4C)c(CC)c3CC.[Zn+2]. The van der Waals surface area contributed by atoms with E-state index in [0.29, 0.717) is 0 Å². The van der Waals surface area contributed by atoms with Gasteiger partial charge in [0.25, 0.3) is 0 Å². The summed E-state index contributed by atoms with van der Waals surface area (Å²) in [5, 5.41) is 3.32. The Morgan fingerprint density at radius 3 is 1.67 bits per heavy atom. The summed E-state index contributed by atoms with van der Waals surface area (Å²) in [6, 6.07) is 17.1. The number of hydrogen-bond acceptors (Lipinski definition) is 3. The number of benzene rings is 1. The number of nitrogens with zero attached hydrogens (tertiary/aromatic N) is 5. The van der Waals surface area contributed by atoms with Crippen LogP contribution in [0.2, 0.25) is 0 Å². The van der Waals surface area contributed by atoms with Gasteiger partial charge >= 0.3 is 19.5 Å². The van der Waals surface area contributed by atoms with Gasteiger partial charge in [0.15, 0.2) is 0 Å². The Labute approximate surface area is 265 Å². The number of hydrogen-bond donors (Lipinski definition) is 0. The Hall–Kier alpha value is -3.89. The molecule has 8 bridgehead atoms. The van der Waals surface area contributed by atoms with Crippen LogP contribution in [-0.2, 0) is 32.3 Å². The average Bonchev–Trinajstić information content (AvgIpc) is 3.70. The van der Waals surface area contributed by atoms with Gasteiger partial charge in [0.05, 0.1) is 28.3 Å². The van der Waals surface area contributed by atoms with Crippen LogP contribution in [0.1, 0.15) is 88.3 Å². The molecule has 5 nitrogen and oxygen atoms in total. The fourth-order valence-electron chi connectivity index (χ4n) is 6.89. The predicted molar refractivity (Wildman–Crippen MR) is 176 cm³/mol. The van der Waals surface area contributed by atoms with E-state index in [1.54, 1.807) is 0 Å². The first kappa shape index (κ1) is 29.2. The van der Waals surface area contributed by atoms with Gasteiger partial charge in [-0.15, -0.1) is 22.1 Å². The zero-order valence-electron chi connectivity index (χ0n) is 26.0. The van der Waals surface area contributed by atoms with Crippen LogP contribution in [0.4, 0.5) is 0 Å². The summed E-state index contributed by atoms with van der Waals surface area (Å²) in [6.07, 6.45) is 5.50.